The molecule has 0 fully saturated rings. The van der Waals surface area contributed by atoms with Gasteiger partial charge in [-0.2, -0.15) is 0 Å². The third-order valence-corrected chi connectivity index (χ3v) is 4.41. The second kappa shape index (κ2) is 10.1. The number of ether oxygens (including phenoxy) is 1. The standard InChI is InChI=1S/C23H19N3O4S/c1-30-22(29)17-9-5-8-16(14-17)21(28)26-23(31)25-19-12-10-18(11-13-19)24-20(27)15-6-3-2-4-7-15/h2-14H,1H3,(H,24,27)(H2,25,26,28,31). The number of amides is 2. The molecule has 0 saturated carbocycles. The van der Waals surface area contributed by atoms with E-state index in [1.165, 1.54) is 13.2 Å². The molecule has 0 radical (unpaired) electrons. The Morgan fingerprint density at radius 3 is 1.94 bits per heavy atom. The number of esters is 1. The van der Waals surface area contributed by atoms with Crippen LogP contribution in [0.25, 0.3) is 0 Å². The largest absolute Gasteiger partial charge is 0.465 e. The summed E-state index contributed by atoms with van der Waals surface area (Å²) in [6, 6.07) is 21.9. The molecule has 7 nitrogen and oxygen atoms in total. The normalized spacial score (nSPS) is 9.97. The third kappa shape index (κ3) is 5.97. The van der Waals surface area contributed by atoms with Crippen molar-refractivity contribution >= 4 is 46.5 Å². The van der Waals surface area contributed by atoms with Crippen LogP contribution < -0.4 is 16.0 Å². The van der Waals surface area contributed by atoms with Gasteiger partial charge in [-0.25, -0.2) is 4.79 Å². The molecular formula is C23H19N3O4S. The molecule has 31 heavy (non-hydrogen) atoms. The van der Waals surface area contributed by atoms with Crippen molar-refractivity contribution in [2.45, 2.75) is 0 Å². The van der Waals surface area contributed by atoms with E-state index >= 15 is 0 Å². The summed E-state index contributed by atoms with van der Waals surface area (Å²) in [7, 11) is 1.27. The topological polar surface area (TPSA) is 96.5 Å². The van der Waals surface area contributed by atoms with E-state index in [0.717, 1.165) is 0 Å². The third-order valence-electron chi connectivity index (χ3n) is 4.21. The van der Waals surface area contributed by atoms with Crippen LogP contribution in [0.2, 0.25) is 0 Å². The van der Waals surface area contributed by atoms with E-state index in [4.69, 9.17) is 12.2 Å². The minimum Gasteiger partial charge on any atom is -0.465 e. The molecule has 0 heterocycles. The van der Waals surface area contributed by atoms with Gasteiger partial charge in [0.05, 0.1) is 12.7 Å². The molecule has 3 N–H and O–H groups in total. The fourth-order valence-electron chi connectivity index (χ4n) is 2.67. The maximum Gasteiger partial charge on any atom is 0.337 e. The molecule has 0 unspecified atom stereocenters. The molecule has 0 saturated heterocycles. The van der Waals surface area contributed by atoms with Crippen LogP contribution in [0.3, 0.4) is 0 Å². The smallest absolute Gasteiger partial charge is 0.337 e. The van der Waals surface area contributed by atoms with Gasteiger partial charge in [0.2, 0.25) is 0 Å². The fourth-order valence-corrected chi connectivity index (χ4v) is 2.88. The number of carbonyl (C=O) groups is 3. The Balaban J connectivity index is 1.56. The predicted octanol–water partition coefficient (Wildman–Crippen LogP) is 3.85. The van der Waals surface area contributed by atoms with Gasteiger partial charge in [-0.15, -0.1) is 0 Å². The number of hydrogen-bond donors (Lipinski definition) is 3. The maximum absolute atomic E-state index is 12.4. The molecule has 156 valence electrons. The van der Waals surface area contributed by atoms with Crippen LogP contribution in [0.15, 0.2) is 78.9 Å². The molecule has 0 aromatic heterocycles. The molecule has 0 atom stereocenters. The van der Waals surface area contributed by atoms with Crippen molar-refractivity contribution in [3.63, 3.8) is 0 Å². The molecule has 2 amide bonds. The zero-order chi connectivity index (χ0) is 22.2. The highest BCUT2D eigenvalue weighted by Gasteiger charge is 2.12. The second-order valence-corrected chi connectivity index (χ2v) is 6.79. The number of rotatable bonds is 5. The van der Waals surface area contributed by atoms with E-state index in [9.17, 15) is 14.4 Å². The molecular weight excluding hydrogens is 414 g/mol. The molecule has 0 aliphatic heterocycles. The van der Waals surface area contributed by atoms with E-state index < -0.39 is 11.9 Å². The van der Waals surface area contributed by atoms with Crippen LogP contribution in [0, 0.1) is 0 Å². The van der Waals surface area contributed by atoms with Gasteiger partial charge >= 0.3 is 5.97 Å². The van der Waals surface area contributed by atoms with E-state index in [-0.39, 0.29) is 22.1 Å². The van der Waals surface area contributed by atoms with Crippen molar-refractivity contribution in [1.29, 1.82) is 0 Å². The Bertz CT molecular complexity index is 1120. The Kier molecular flexibility index (Phi) is 7.08. The van der Waals surface area contributed by atoms with Crippen LogP contribution in [0.5, 0.6) is 0 Å². The lowest BCUT2D eigenvalue weighted by molar-refractivity contribution is 0.0600. The number of methoxy groups -OCH3 is 1. The van der Waals surface area contributed by atoms with Gasteiger partial charge in [-0.3, -0.25) is 14.9 Å². The Morgan fingerprint density at radius 1 is 0.710 bits per heavy atom. The van der Waals surface area contributed by atoms with Gasteiger partial charge in [0.15, 0.2) is 5.11 Å². The molecule has 8 heteroatoms. The van der Waals surface area contributed by atoms with E-state index in [1.54, 1.807) is 66.7 Å². The van der Waals surface area contributed by atoms with Crippen molar-refractivity contribution in [2.75, 3.05) is 17.7 Å². The minimum atomic E-state index is -0.533. The zero-order valence-corrected chi connectivity index (χ0v) is 17.4. The van der Waals surface area contributed by atoms with E-state index in [2.05, 4.69) is 20.7 Å². The summed E-state index contributed by atoms with van der Waals surface area (Å²) >= 11 is 5.18. The summed E-state index contributed by atoms with van der Waals surface area (Å²) < 4.78 is 4.65. The van der Waals surface area contributed by atoms with Crippen LogP contribution in [-0.4, -0.2) is 30.0 Å². The summed E-state index contributed by atoms with van der Waals surface area (Å²) in [5, 5.41) is 8.35. The number of nitrogens with one attached hydrogen (secondary N) is 3. The summed E-state index contributed by atoms with van der Waals surface area (Å²) in [4.78, 5) is 36.2. The first-order chi connectivity index (χ1) is 15.0. The van der Waals surface area contributed by atoms with Crippen LogP contribution in [0.4, 0.5) is 11.4 Å². The predicted molar refractivity (Wildman–Crippen MR) is 122 cm³/mol. The van der Waals surface area contributed by atoms with Crippen molar-refractivity contribution in [2.24, 2.45) is 0 Å². The monoisotopic (exact) mass is 433 g/mol. The summed E-state index contributed by atoms with van der Waals surface area (Å²) in [6.07, 6.45) is 0. The number of hydrogen-bond acceptors (Lipinski definition) is 5. The number of thiocarbonyl (C=S) groups is 1. The Labute approximate surface area is 184 Å². The molecule has 0 aliphatic rings. The first kappa shape index (κ1) is 21.7. The summed E-state index contributed by atoms with van der Waals surface area (Å²) in [5.41, 5.74) is 2.35. The van der Waals surface area contributed by atoms with Crippen molar-refractivity contribution in [3.8, 4) is 0 Å². The van der Waals surface area contributed by atoms with Gasteiger partial charge in [-0.1, -0.05) is 24.3 Å². The molecule has 0 spiro atoms. The van der Waals surface area contributed by atoms with E-state index in [1.807, 2.05) is 6.07 Å². The highest BCUT2D eigenvalue weighted by molar-refractivity contribution is 7.80. The maximum atomic E-state index is 12.4. The lowest BCUT2D eigenvalue weighted by Gasteiger charge is -2.11. The second-order valence-electron chi connectivity index (χ2n) is 6.38. The number of benzene rings is 3. The Hall–Kier alpha value is -4.04. The summed E-state index contributed by atoms with van der Waals surface area (Å²) in [6.45, 7) is 0. The van der Waals surface area contributed by atoms with Crippen LogP contribution >= 0.6 is 12.2 Å². The lowest BCUT2D eigenvalue weighted by atomic mass is 10.1. The van der Waals surface area contributed by atoms with Crippen molar-refractivity contribution in [1.82, 2.24) is 5.32 Å². The highest BCUT2D eigenvalue weighted by atomic mass is 32.1. The molecule has 3 aromatic rings. The number of carbonyl (C=O) groups excluding carboxylic acids is 3. The van der Waals surface area contributed by atoms with Crippen molar-refractivity contribution < 1.29 is 19.1 Å². The average Bonchev–Trinajstić information content (AvgIpc) is 2.80. The minimum absolute atomic E-state index is 0.0922. The molecule has 0 bridgehead atoms. The fraction of sp³-hybridized carbons (Fsp3) is 0.0435. The van der Waals surface area contributed by atoms with Crippen molar-refractivity contribution in [3.05, 3.63) is 95.6 Å². The molecule has 3 aromatic carbocycles. The van der Waals surface area contributed by atoms with Gasteiger partial charge in [0, 0.05) is 22.5 Å². The Morgan fingerprint density at radius 2 is 1.29 bits per heavy atom. The van der Waals surface area contributed by atoms with Crippen LogP contribution in [-0.2, 0) is 4.74 Å². The quantitative estimate of drug-likeness (QED) is 0.418. The first-order valence-corrected chi connectivity index (χ1v) is 9.64. The van der Waals surface area contributed by atoms with Gasteiger partial charge < -0.3 is 15.4 Å². The number of anilines is 2. The van der Waals surface area contributed by atoms with Gasteiger partial charge in [-0.05, 0) is 66.8 Å². The average molecular weight is 433 g/mol. The highest BCUT2D eigenvalue weighted by Crippen LogP contribution is 2.15. The molecule has 3 rings (SSSR count). The SMILES string of the molecule is COC(=O)c1cccc(C(=O)NC(=S)Nc2ccc(NC(=O)c3ccccc3)cc2)c1. The zero-order valence-electron chi connectivity index (χ0n) is 16.5. The lowest BCUT2D eigenvalue weighted by Crippen LogP contribution is -2.34. The molecule has 0 aliphatic carbocycles. The van der Waals surface area contributed by atoms with Gasteiger partial charge in [0.1, 0.15) is 0 Å². The van der Waals surface area contributed by atoms with Crippen LogP contribution in [0.1, 0.15) is 31.1 Å². The summed E-state index contributed by atoms with van der Waals surface area (Å²) in [5.74, 6) is -1.21. The van der Waals surface area contributed by atoms with E-state index in [0.29, 0.717) is 16.9 Å². The first-order valence-electron chi connectivity index (χ1n) is 9.23. The van der Waals surface area contributed by atoms with Gasteiger partial charge in [0.25, 0.3) is 11.8 Å².